The van der Waals surface area contributed by atoms with Crippen LogP contribution in [0.25, 0.3) is 16.5 Å². The molecule has 2 aromatic heterocycles. The number of ether oxygens (including phenoxy) is 3. The Morgan fingerprint density at radius 1 is 0.906 bits per heavy atom. The molecular formula is C40H39AsN7O5. The zero-order chi connectivity index (χ0) is 36.9. The standard InChI is InChI=1S/C40H39AsN7O5/c1-25(2)34-24-36(48(46-34)29-11-9-26(3)10-12-29)44-40(50)43-33-13-14-35(32-8-6-5-7-31(32)33)53-37-15-16-42-39(45-37)41-28-21-27(22-30(23-28)51-4)38(49)47-17-19-52-20-18-47/h5-16,21-25H,17-20H2,1-4H3,(H2,43,44,50). The molecule has 6 aromatic rings. The molecule has 0 spiro atoms. The number of aromatic nitrogens is 4. The Hall–Kier alpha value is -5.71. The second-order valence-electron chi connectivity index (χ2n) is 12.8. The van der Waals surface area contributed by atoms with Crippen molar-refractivity contribution in [3.63, 3.8) is 0 Å². The monoisotopic (exact) mass is 772 g/mol. The average molecular weight is 773 g/mol. The van der Waals surface area contributed by atoms with Crippen molar-refractivity contribution in [1.29, 1.82) is 0 Å². The Kier molecular flexibility index (Phi) is 10.7. The summed E-state index contributed by atoms with van der Waals surface area (Å²) in [4.78, 5) is 37.7. The Morgan fingerprint density at radius 2 is 1.68 bits per heavy atom. The number of aryl methyl sites for hydroxylation is 1. The van der Waals surface area contributed by atoms with Gasteiger partial charge in [0.15, 0.2) is 0 Å². The van der Waals surface area contributed by atoms with Crippen LogP contribution in [-0.2, 0) is 4.74 Å². The van der Waals surface area contributed by atoms with Gasteiger partial charge in [0.25, 0.3) is 0 Å². The Bertz CT molecular complexity index is 2270. The summed E-state index contributed by atoms with van der Waals surface area (Å²) in [6, 6.07) is 28.1. The van der Waals surface area contributed by atoms with Crippen molar-refractivity contribution in [3.8, 4) is 23.1 Å². The molecule has 12 nitrogen and oxygen atoms in total. The molecule has 0 bridgehead atoms. The third-order valence-corrected chi connectivity index (χ3v) is 10.7. The number of methoxy groups -OCH3 is 1. The van der Waals surface area contributed by atoms with E-state index in [1.165, 1.54) is 0 Å². The van der Waals surface area contributed by atoms with Gasteiger partial charge in [-0.3, -0.25) is 0 Å². The predicted octanol–water partition coefficient (Wildman–Crippen LogP) is 5.82. The van der Waals surface area contributed by atoms with Crippen LogP contribution in [0.3, 0.4) is 0 Å². The molecule has 0 aliphatic carbocycles. The molecule has 1 radical (unpaired) electrons. The second kappa shape index (κ2) is 15.9. The fourth-order valence-electron chi connectivity index (χ4n) is 5.90. The molecule has 0 atom stereocenters. The number of nitrogens with one attached hydrogen (secondary N) is 2. The summed E-state index contributed by atoms with van der Waals surface area (Å²) in [6.07, 6.45) is 1.67. The molecule has 1 aliphatic heterocycles. The molecule has 3 amide bonds. The first-order chi connectivity index (χ1) is 25.7. The van der Waals surface area contributed by atoms with Crippen molar-refractivity contribution in [1.82, 2.24) is 24.6 Å². The number of benzene rings is 4. The fourth-order valence-corrected chi connectivity index (χ4v) is 7.79. The van der Waals surface area contributed by atoms with Gasteiger partial charge in [-0.05, 0) is 25.0 Å². The molecule has 0 unspecified atom stereocenters. The van der Waals surface area contributed by atoms with Crippen LogP contribution in [-0.4, -0.2) is 85.8 Å². The topological polar surface area (TPSA) is 133 Å². The molecule has 13 heteroatoms. The molecule has 4 aromatic carbocycles. The maximum absolute atomic E-state index is 13.4. The summed E-state index contributed by atoms with van der Waals surface area (Å²) in [6.45, 7) is 8.33. The number of anilines is 2. The van der Waals surface area contributed by atoms with Gasteiger partial charge in [0.05, 0.1) is 11.4 Å². The molecule has 1 aliphatic rings. The first-order valence-corrected chi connectivity index (χ1v) is 19.2. The van der Waals surface area contributed by atoms with E-state index in [0.717, 1.165) is 32.1 Å². The van der Waals surface area contributed by atoms with E-state index in [2.05, 4.69) is 29.5 Å². The Morgan fingerprint density at radius 3 is 2.43 bits per heavy atom. The van der Waals surface area contributed by atoms with Crippen LogP contribution in [0, 0.1) is 6.92 Å². The van der Waals surface area contributed by atoms with E-state index >= 15 is 0 Å². The quantitative estimate of drug-likeness (QED) is 0.167. The molecule has 0 saturated carbocycles. The number of nitrogens with zero attached hydrogens (tertiary/aromatic N) is 5. The van der Waals surface area contributed by atoms with Crippen molar-refractivity contribution < 1.29 is 23.8 Å². The van der Waals surface area contributed by atoms with Gasteiger partial charge in [-0.1, -0.05) is 31.5 Å². The molecule has 1 saturated heterocycles. The van der Waals surface area contributed by atoms with Crippen LogP contribution in [0.5, 0.6) is 17.4 Å². The number of morpholine rings is 1. The van der Waals surface area contributed by atoms with Gasteiger partial charge in [0, 0.05) is 6.07 Å². The number of fused-ring (bicyclic) bond motifs is 1. The maximum atomic E-state index is 13.4. The number of amides is 3. The van der Waals surface area contributed by atoms with Crippen LogP contribution in [0.15, 0.2) is 97.2 Å². The van der Waals surface area contributed by atoms with E-state index in [1.807, 2.05) is 85.8 Å². The molecule has 2 N–H and O–H groups in total. The van der Waals surface area contributed by atoms with E-state index in [0.29, 0.717) is 65.4 Å². The Balaban J connectivity index is 1.08. The summed E-state index contributed by atoms with van der Waals surface area (Å²) < 4.78 is 20.6. The zero-order valence-corrected chi connectivity index (χ0v) is 31.7. The number of carbonyl (C=O) groups is 2. The van der Waals surface area contributed by atoms with Gasteiger partial charge in [-0.15, -0.1) is 0 Å². The van der Waals surface area contributed by atoms with Crippen molar-refractivity contribution >= 4 is 58.9 Å². The first-order valence-electron chi connectivity index (χ1n) is 17.3. The van der Waals surface area contributed by atoms with Crippen LogP contribution >= 0.6 is 0 Å². The third-order valence-electron chi connectivity index (χ3n) is 8.71. The van der Waals surface area contributed by atoms with E-state index < -0.39 is 21.8 Å². The van der Waals surface area contributed by atoms with E-state index in [9.17, 15) is 9.59 Å². The van der Waals surface area contributed by atoms with Crippen LogP contribution in [0.4, 0.5) is 16.3 Å². The van der Waals surface area contributed by atoms with Crippen molar-refractivity contribution in [2.24, 2.45) is 0 Å². The van der Waals surface area contributed by atoms with Gasteiger partial charge >= 0.3 is 231 Å². The van der Waals surface area contributed by atoms with E-state index in [4.69, 9.17) is 24.3 Å². The number of hydrogen-bond donors (Lipinski definition) is 2. The SMILES string of the molecule is COc1cc([As]c2nccc(Oc3ccc(NC(=O)Nc4cc(C(C)C)nn4-c4ccc(C)cc4)c4ccccc34)n2)cc(C(=O)N2CCOCC2)c1. The third kappa shape index (κ3) is 8.35. The van der Waals surface area contributed by atoms with Crippen LogP contribution < -0.4 is 29.1 Å². The number of hydrogen-bond acceptors (Lipinski definition) is 8. The summed E-state index contributed by atoms with van der Waals surface area (Å²) in [5.41, 5.74) is 4.04. The summed E-state index contributed by atoms with van der Waals surface area (Å²) in [5, 5.41) is 12.4. The van der Waals surface area contributed by atoms with Crippen molar-refractivity contribution in [2.75, 3.05) is 44.0 Å². The fraction of sp³-hybridized carbons (Fsp3) is 0.225. The van der Waals surface area contributed by atoms with E-state index in [-0.39, 0.29) is 11.8 Å². The molecule has 7 rings (SSSR count). The van der Waals surface area contributed by atoms with Gasteiger partial charge in [-0.2, -0.15) is 5.10 Å². The minimum atomic E-state index is -0.698. The summed E-state index contributed by atoms with van der Waals surface area (Å²) in [5.74, 6) is 2.26. The van der Waals surface area contributed by atoms with Gasteiger partial charge < -0.3 is 0 Å². The molecule has 1 fully saturated rings. The van der Waals surface area contributed by atoms with Crippen LogP contribution in [0.2, 0.25) is 0 Å². The normalized spacial score (nSPS) is 13.1. The first kappa shape index (κ1) is 35.7. The zero-order valence-electron chi connectivity index (χ0n) is 29.9. The second-order valence-corrected chi connectivity index (χ2v) is 15.2. The number of urea groups is 1. The van der Waals surface area contributed by atoms with Crippen molar-refractivity contribution in [2.45, 2.75) is 26.7 Å². The molecule has 53 heavy (non-hydrogen) atoms. The van der Waals surface area contributed by atoms with Crippen LogP contribution in [0.1, 0.15) is 41.4 Å². The molecular weight excluding hydrogens is 733 g/mol. The number of carbonyl (C=O) groups excluding carboxylic acids is 2. The van der Waals surface area contributed by atoms with E-state index in [1.54, 1.807) is 35.0 Å². The van der Waals surface area contributed by atoms with Gasteiger partial charge in [0.2, 0.25) is 0 Å². The molecule has 3 heterocycles. The van der Waals surface area contributed by atoms with Crippen molar-refractivity contribution in [3.05, 3.63) is 114 Å². The molecule has 269 valence electrons. The van der Waals surface area contributed by atoms with Gasteiger partial charge in [-0.25, -0.2) is 4.68 Å². The summed E-state index contributed by atoms with van der Waals surface area (Å²) in [7, 11) is 1.59. The average Bonchev–Trinajstić information content (AvgIpc) is 3.60. The minimum absolute atomic E-state index is 0.0518. The predicted molar refractivity (Wildman–Crippen MR) is 206 cm³/mol. The van der Waals surface area contributed by atoms with Gasteiger partial charge in [0.1, 0.15) is 0 Å². The summed E-state index contributed by atoms with van der Waals surface area (Å²) >= 11 is -0.698. The Labute approximate surface area is 314 Å². The number of rotatable bonds is 10.